The van der Waals surface area contributed by atoms with Gasteiger partial charge in [0.15, 0.2) is 0 Å². The van der Waals surface area contributed by atoms with Crippen LogP contribution in [0.3, 0.4) is 0 Å². The van der Waals surface area contributed by atoms with Crippen molar-refractivity contribution in [3.05, 3.63) is 106 Å². The van der Waals surface area contributed by atoms with E-state index in [4.69, 9.17) is 5.10 Å². The molecule has 1 N–H and O–H groups in total. The quantitative estimate of drug-likeness (QED) is 0.417. The van der Waals surface area contributed by atoms with Crippen molar-refractivity contribution >= 4 is 27.5 Å². The molecule has 0 radical (unpaired) electrons. The van der Waals surface area contributed by atoms with E-state index in [0.29, 0.717) is 33.8 Å². The monoisotopic (exact) mass is 455 g/mol. The van der Waals surface area contributed by atoms with Gasteiger partial charge < -0.3 is 9.88 Å². The summed E-state index contributed by atoms with van der Waals surface area (Å²) in [6, 6.07) is 21.5. The number of hydrogen-bond donors (Lipinski definition) is 1. The third kappa shape index (κ3) is 4.33. The first kappa shape index (κ1) is 20.8. The molecule has 5 aromatic rings. The Hall–Kier alpha value is -4.04. The van der Waals surface area contributed by atoms with E-state index >= 15 is 0 Å². The maximum atomic E-state index is 13.5. The summed E-state index contributed by atoms with van der Waals surface area (Å²) in [5.41, 5.74) is 3.54. The Morgan fingerprint density at radius 1 is 1.06 bits per heavy atom. The van der Waals surface area contributed by atoms with E-state index < -0.39 is 0 Å². The van der Waals surface area contributed by atoms with Crippen LogP contribution in [0.25, 0.3) is 21.5 Å². The highest BCUT2D eigenvalue weighted by atomic mass is 32.1. The zero-order chi connectivity index (χ0) is 22.8. The highest BCUT2D eigenvalue weighted by molar-refractivity contribution is 7.17. The molecule has 0 bridgehead atoms. The van der Waals surface area contributed by atoms with Crippen molar-refractivity contribution < 1.29 is 4.79 Å². The lowest BCUT2D eigenvalue weighted by atomic mass is 10.1. The summed E-state index contributed by atoms with van der Waals surface area (Å²) in [5.74, 6) is 0.251. The summed E-state index contributed by atoms with van der Waals surface area (Å²) in [5, 5.41) is 6.56. The Bertz CT molecular complexity index is 1470. The van der Waals surface area contributed by atoms with Gasteiger partial charge in [-0.2, -0.15) is 5.10 Å². The number of benzene rings is 2. The summed E-state index contributed by atoms with van der Waals surface area (Å²) >= 11 is 1.35. The van der Waals surface area contributed by atoms with Crippen molar-refractivity contribution in [1.82, 2.24) is 24.6 Å². The number of aromatic nitrogens is 4. The topological polar surface area (TPSA) is 83.9 Å². The van der Waals surface area contributed by atoms with Crippen molar-refractivity contribution in [1.29, 1.82) is 0 Å². The molecule has 0 aliphatic carbocycles. The molecule has 8 heteroatoms. The zero-order valence-electron chi connectivity index (χ0n) is 17.9. The standard InChI is InChI=1S/C25H21N5O2S/c1-29(16-21-26-20-12-13-33-23(20)24(31)27-21)25(32)19-15-30(14-17-8-4-2-5-9-17)28-22(19)18-10-6-3-7-11-18/h2-13,15H,14,16H2,1H3,(H,26,27,31). The van der Waals surface area contributed by atoms with E-state index in [9.17, 15) is 9.59 Å². The number of amides is 1. The molecule has 3 heterocycles. The molecule has 0 saturated carbocycles. The largest absolute Gasteiger partial charge is 0.334 e. The molecule has 33 heavy (non-hydrogen) atoms. The van der Waals surface area contributed by atoms with Gasteiger partial charge in [0.05, 0.1) is 24.2 Å². The molecule has 0 fully saturated rings. The van der Waals surface area contributed by atoms with E-state index in [1.54, 1.807) is 22.8 Å². The summed E-state index contributed by atoms with van der Waals surface area (Å²) in [6.07, 6.45) is 1.78. The van der Waals surface area contributed by atoms with Crippen LogP contribution in [0.15, 0.2) is 83.1 Å². The second-order valence-electron chi connectivity index (χ2n) is 7.75. The average Bonchev–Trinajstić information content (AvgIpc) is 3.47. The van der Waals surface area contributed by atoms with Gasteiger partial charge in [-0.05, 0) is 17.0 Å². The summed E-state index contributed by atoms with van der Waals surface area (Å²) in [7, 11) is 1.70. The number of aromatic amines is 1. The number of H-pyrrole nitrogens is 1. The Balaban J connectivity index is 1.46. The molecule has 164 valence electrons. The van der Waals surface area contributed by atoms with Gasteiger partial charge in [-0.15, -0.1) is 11.3 Å². The second-order valence-corrected chi connectivity index (χ2v) is 8.67. The van der Waals surface area contributed by atoms with Gasteiger partial charge in [0.1, 0.15) is 16.2 Å². The minimum absolute atomic E-state index is 0.179. The third-order valence-electron chi connectivity index (χ3n) is 5.32. The predicted octanol–water partition coefficient (Wildman–Crippen LogP) is 4.17. The third-order valence-corrected chi connectivity index (χ3v) is 6.23. The maximum absolute atomic E-state index is 13.5. The molecule has 3 aromatic heterocycles. The highest BCUT2D eigenvalue weighted by Gasteiger charge is 2.22. The SMILES string of the molecule is CN(Cc1nc2ccsc2c(=O)[nH]1)C(=O)c1cn(Cc2ccccc2)nc1-c1ccccc1. The van der Waals surface area contributed by atoms with Gasteiger partial charge in [0.25, 0.3) is 11.5 Å². The predicted molar refractivity (Wildman–Crippen MR) is 129 cm³/mol. The fourth-order valence-corrected chi connectivity index (χ4v) is 4.46. The first-order valence-electron chi connectivity index (χ1n) is 10.5. The molecule has 7 nitrogen and oxygen atoms in total. The minimum Gasteiger partial charge on any atom is -0.334 e. The van der Waals surface area contributed by atoms with Gasteiger partial charge in [-0.1, -0.05) is 60.7 Å². The molecular weight excluding hydrogens is 434 g/mol. The van der Waals surface area contributed by atoms with Crippen LogP contribution in [0.4, 0.5) is 0 Å². The van der Waals surface area contributed by atoms with E-state index in [0.717, 1.165) is 11.1 Å². The Morgan fingerprint density at radius 3 is 2.55 bits per heavy atom. The molecule has 5 rings (SSSR count). The highest BCUT2D eigenvalue weighted by Crippen LogP contribution is 2.24. The molecule has 0 atom stereocenters. The zero-order valence-corrected chi connectivity index (χ0v) is 18.7. The van der Waals surface area contributed by atoms with Crippen LogP contribution in [-0.4, -0.2) is 37.6 Å². The fraction of sp³-hybridized carbons (Fsp3) is 0.120. The van der Waals surface area contributed by atoms with Gasteiger partial charge in [0.2, 0.25) is 0 Å². The van der Waals surface area contributed by atoms with Crippen LogP contribution < -0.4 is 5.56 Å². The average molecular weight is 456 g/mol. The lowest BCUT2D eigenvalue weighted by molar-refractivity contribution is 0.0782. The normalized spacial score (nSPS) is 11.1. The van der Waals surface area contributed by atoms with Crippen molar-refractivity contribution in [3.8, 4) is 11.3 Å². The minimum atomic E-state index is -0.193. The molecule has 0 saturated heterocycles. The van der Waals surface area contributed by atoms with E-state index in [1.165, 1.54) is 11.3 Å². The molecule has 0 aliphatic rings. The van der Waals surface area contributed by atoms with Crippen LogP contribution in [0.5, 0.6) is 0 Å². The van der Waals surface area contributed by atoms with Crippen LogP contribution in [0, 0.1) is 0 Å². The Labute approximate surface area is 194 Å². The number of rotatable bonds is 6. The van der Waals surface area contributed by atoms with E-state index in [1.807, 2.05) is 72.1 Å². The summed E-state index contributed by atoms with van der Waals surface area (Å²) in [6.45, 7) is 0.735. The number of fused-ring (bicyclic) bond motifs is 1. The number of thiophene rings is 1. The van der Waals surface area contributed by atoms with Crippen molar-refractivity contribution in [2.75, 3.05) is 7.05 Å². The van der Waals surface area contributed by atoms with Crippen molar-refractivity contribution in [2.45, 2.75) is 13.1 Å². The second kappa shape index (κ2) is 8.84. The first-order valence-corrected chi connectivity index (χ1v) is 11.3. The Morgan fingerprint density at radius 2 is 1.79 bits per heavy atom. The molecule has 0 aliphatic heterocycles. The van der Waals surface area contributed by atoms with Gasteiger partial charge >= 0.3 is 0 Å². The lowest BCUT2D eigenvalue weighted by Crippen LogP contribution is -2.28. The lowest BCUT2D eigenvalue weighted by Gasteiger charge is -2.16. The summed E-state index contributed by atoms with van der Waals surface area (Å²) in [4.78, 5) is 34.6. The fourth-order valence-electron chi connectivity index (χ4n) is 3.74. The number of nitrogens with one attached hydrogen (secondary N) is 1. The first-order chi connectivity index (χ1) is 16.1. The number of carbonyl (C=O) groups is 1. The van der Waals surface area contributed by atoms with Crippen LogP contribution in [0.1, 0.15) is 21.7 Å². The summed E-state index contributed by atoms with van der Waals surface area (Å²) < 4.78 is 2.37. The molecule has 0 spiro atoms. The molecule has 1 amide bonds. The Kier molecular flexibility index (Phi) is 5.58. The number of nitrogens with zero attached hydrogens (tertiary/aromatic N) is 4. The van der Waals surface area contributed by atoms with Crippen LogP contribution >= 0.6 is 11.3 Å². The van der Waals surface area contributed by atoms with Gasteiger partial charge in [0, 0.05) is 18.8 Å². The van der Waals surface area contributed by atoms with Gasteiger partial charge in [-0.3, -0.25) is 14.3 Å². The van der Waals surface area contributed by atoms with Crippen molar-refractivity contribution in [2.24, 2.45) is 0 Å². The number of hydrogen-bond acceptors (Lipinski definition) is 5. The van der Waals surface area contributed by atoms with E-state index in [-0.39, 0.29) is 18.0 Å². The molecular formula is C25H21N5O2S. The van der Waals surface area contributed by atoms with Crippen molar-refractivity contribution in [3.63, 3.8) is 0 Å². The van der Waals surface area contributed by atoms with E-state index in [2.05, 4.69) is 9.97 Å². The maximum Gasteiger partial charge on any atom is 0.268 e. The van der Waals surface area contributed by atoms with Gasteiger partial charge in [-0.25, -0.2) is 4.98 Å². The number of carbonyl (C=O) groups excluding carboxylic acids is 1. The smallest absolute Gasteiger partial charge is 0.268 e. The van der Waals surface area contributed by atoms with Crippen LogP contribution in [-0.2, 0) is 13.1 Å². The van der Waals surface area contributed by atoms with Crippen LogP contribution in [0.2, 0.25) is 0 Å². The molecule has 0 unspecified atom stereocenters. The molecule has 2 aromatic carbocycles.